The lowest BCUT2D eigenvalue weighted by Crippen LogP contribution is -2.36. The second kappa shape index (κ2) is 5.34. The van der Waals surface area contributed by atoms with E-state index in [2.05, 4.69) is 0 Å². The van der Waals surface area contributed by atoms with E-state index < -0.39 is 16.6 Å². The van der Waals surface area contributed by atoms with Gasteiger partial charge in [0, 0.05) is 25.2 Å². The molecule has 0 N–H and O–H groups in total. The van der Waals surface area contributed by atoms with Gasteiger partial charge in [0.2, 0.25) is 0 Å². The summed E-state index contributed by atoms with van der Waals surface area (Å²) in [6, 6.07) is 2.17. The number of carbonyl (C=O) groups is 1. The molecule has 5 nitrogen and oxygen atoms in total. The van der Waals surface area contributed by atoms with E-state index in [1.54, 1.807) is 4.90 Å². The Morgan fingerprint density at radius 2 is 1.95 bits per heavy atom. The third-order valence-corrected chi connectivity index (χ3v) is 3.32. The van der Waals surface area contributed by atoms with Crippen LogP contribution in [0.25, 0.3) is 0 Å². The third kappa shape index (κ3) is 2.72. The Morgan fingerprint density at radius 3 is 2.53 bits per heavy atom. The fourth-order valence-electron chi connectivity index (χ4n) is 2.28. The minimum atomic E-state index is -0.666. The number of likely N-dealkylation sites (tertiary alicyclic amines) is 1. The largest absolute Gasteiger partial charge is 0.339 e. The second-order valence-corrected chi connectivity index (χ2v) is 4.73. The Hall–Kier alpha value is -1.98. The molecule has 1 aliphatic heterocycles. The highest BCUT2D eigenvalue weighted by molar-refractivity contribution is 5.95. The number of nitro groups is 1. The van der Waals surface area contributed by atoms with Gasteiger partial charge in [0.15, 0.2) is 0 Å². The van der Waals surface area contributed by atoms with Crippen LogP contribution < -0.4 is 0 Å². The highest BCUT2D eigenvalue weighted by Gasteiger charge is 2.24. The van der Waals surface area contributed by atoms with Crippen LogP contribution in [-0.4, -0.2) is 28.8 Å². The number of aryl methyl sites for hydroxylation is 1. The lowest BCUT2D eigenvalue weighted by molar-refractivity contribution is -0.385. The number of benzene rings is 1. The molecule has 1 heterocycles. The van der Waals surface area contributed by atoms with Crippen LogP contribution in [0.1, 0.15) is 35.2 Å². The molecule has 0 radical (unpaired) electrons. The molecule has 1 aromatic rings. The van der Waals surface area contributed by atoms with Crippen molar-refractivity contribution in [3.05, 3.63) is 39.2 Å². The van der Waals surface area contributed by atoms with Gasteiger partial charge < -0.3 is 4.90 Å². The Balaban J connectivity index is 2.37. The molecule has 2 rings (SSSR count). The van der Waals surface area contributed by atoms with Crippen LogP contribution in [0.3, 0.4) is 0 Å². The number of carbonyl (C=O) groups excluding carboxylic acids is 1. The molecular weight excluding hydrogens is 251 g/mol. The van der Waals surface area contributed by atoms with E-state index in [1.165, 1.54) is 6.92 Å². The molecule has 1 aliphatic rings. The van der Waals surface area contributed by atoms with Crippen LogP contribution in [0.2, 0.25) is 0 Å². The minimum Gasteiger partial charge on any atom is -0.339 e. The van der Waals surface area contributed by atoms with E-state index in [9.17, 15) is 19.3 Å². The Kier molecular flexibility index (Phi) is 3.78. The predicted octanol–water partition coefficient (Wildman–Crippen LogP) is 2.67. The first-order valence-corrected chi connectivity index (χ1v) is 6.24. The summed E-state index contributed by atoms with van der Waals surface area (Å²) in [6.07, 6.45) is 2.84. The fourth-order valence-corrected chi connectivity index (χ4v) is 2.28. The number of hydrogen-bond donors (Lipinski definition) is 0. The standard InChI is InChI=1S/C13H15FN2O3/c1-9-7-10(16(18)19)8-11(12(9)14)13(17)15-5-3-2-4-6-15/h7-8H,2-6H2,1H3. The fraction of sp³-hybridized carbons (Fsp3) is 0.462. The summed E-state index contributed by atoms with van der Waals surface area (Å²) >= 11 is 0. The molecule has 1 aromatic carbocycles. The lowest BCUT2D eigenvalue weighted by Gasteiger charge is -2.26. The van der Waals surface area contributed by atoms with Crippen LogP contribution in [0.15, 0.2) is 12.1 Å². The number of non-ortho nitro benzene ring substituents is 1. The normalized spacial score (nSPS) is 15.4. The average Bonchev–Trinajstić information content (AvgIpc) is 2.41. The Labute approximate surface area is 110 Å². The Morgan fingerprint density at radius 1 is 1.32 bits per heavy atom. The number of nitrogens with zero attached hydrogens (tertiary/aromatic N) is 2. The van der Waals surface area contributed by atoms with Crippen molar-refractivity contribution in [3.8, 4) is 0 Å². The van der Waals surface area contributed by atoms with Gasteiger partial charge >= 0.3 is 0 Å². The summed E-state index contributed by atoms with van der Waals surface area (Å²) < 4.78 is 14.0. The molecule has 0 spiro atoms. The van der Waals surface area contributed by atoms with Crippen LogP contribution in [0, 0.1) is 22.9 Å². The summed E-state index contributed by atoms with van der Waals surface area (Å²) in [5.41, 5.74) is -0.331. The van der Waals surface area contributed by atoms with Crippen molar-refractivity contribution in [1.82, 2.24) is 4.90 Å². The first-order chi connectivity index (χ1) is 9.00. The molecule has 0 bridgehead atoms. The number of hydrogen-bond acceptors (Lipinski definition) is 3. The van der Waals surface area contributed by atoms with Gasteiger partial charge in [0.1, 0.15) is 5.82 Å². The van der Waals surface area contributed by atoms with Crippen LogP contribution in [0.5, 0.6) is 0 Å². The van der Waals surface area contributed by atoms with Gasteiger partial charge in [0.05, 0.1) is 10.5 Å². The highest BCUT2D eigenvalue weighted by Crippen LogP contribution is 2.23. The summed E-state index contributed by atoms with van der Waals surface area (Å²) in [5.74, 6) is -1.12. The molecule has 0 atom stereocenters. The van der Waals surface area contributed by atoms with Crippen molar-refractivity contribution in [3.63, 3.8) is 0 Å². The first-order valence-electron chi connectivity index (χ1n) is 6.24. The zero-order valence-corrected chi connectivity index (χ0v) is 10.7. The predicted molar refractivity (Wildman–Crippen MR) is 67.5 cm³/mol. The van der Waals surface area contributed by atoms with Crippen molar-refractivity contribution in [2.75, 3.05) is 13.1 Å². The maximum absolute atomic E-state index is 14.0. The third-order valence-electron chi connectivity index (χ3n) is 3.32. The summed E-state index contributed by atoms with van der Waals surface area (Å²) in [6.45, 7) is 2.59. The van der Waals surface area contributed by atoms with E-state index in [0.29, 0.717) is 13.1 Å². The minimum absolute atomic E-state index is 0.120. The topological polar surface area (TPSA) is 63.5 Å². The van der Waals surface area contributed by atoms with Crippen molar-refractivity contribution < 1.29 is 14.1 Å². The summed E-state index contributed by atoms with van der Waals surface area (Å²) in [7, 11) is 0. The molecule has 0 aromatic heterocycles. The number of piperidine rings is 1. The molecular formula is C13H15FN2O3. The molecule has 0 aliphatic carbocycles. The van der Waals surface area contributed by atoms with Gasteiger partial charge in [-0.25, -0.2) is 4.39 Å². The van der Waals surface area contributed by atoms with Crippen LogP contribution in [0.4, 0.5) is 10.1 Å². The van der Waals surface area contributed by atoms with Gasteiger partial charge in [-0.1, -0.05) is 0 Å². The molecule has 19 heavy (non-hydrogen) atoms. The zero-order chi connectivity index (χ0) is 14.0. The van der Waals surface area contributed by atoms with Crippen LogP contribution >= 0.6 is 0 Å². The van der Waals surface area contributed by atoms with Gasteiger partial charge in [-0.2, -0.15) is 0 Å². The second-order valence-electron chi connectivity index (χ2n) is 4.73. The molecule has 6 heteroatoms. The first kappa shape index (κ1) is 13.5. The maximum Gasteiger partial charge on any atom is 0.270 e. The molecule has 1 amide bonds. The number of nitro benzene ring substituents is 1. The van der Waals surface area contributed by atoms with Gasteiger partial charge in [0.25, 0.3) is 11.6 Å². The summed E-state index contributed by atoms with van der Waals surface area (Å²) in [5, 5.41) is 10.8. The molecule has 1 saturated heterocycles. The lowest BCUT2D eigenvalue weighted by atomic mass is 10.1. The van der Waals surface area contributed by atoms with E-state index in [1.807, 2.05) is 0 Å². The van der Waals surface area contributed by atoms with E-state index in [4.69, 9.17) is 0 Å². The summed E-state index contributed by atoms with van der Waals surface area (Å²) in [4.78, 5) is 23.9. The smallest absolute Gasteiger partial charge is 0.270 e. The van der Waals surface area contributed by atoms with Crippen molar-refractivity contribution >= 4 is 11.6 Å². The monoisotopic (exact) mass is 266 g/mol. The SMILES string of the molecule is Cc1cc([N+](=O)[O-])cc(C(=O)N2CCCCC2)c1F. The molecule has 1 fully saturated rings. The highest BCUT2D eigenvalue weighted by atomic mass is 19.1. The van der Waals surface area contributed by atoms with Crippen molar-refractivity contribution in [2.24, 2.45) is 0 Å². The van der Waals surface area contributed by atoms with Crippen molar-refractivity contribution in [2.45, 2.75) is 26.2 Å². The van der Waals surface area contributed by atoms with Crippen molar-refractivity contribution in [1.29, 1.82) is 0 Å². The number of amides is 1. The van der Waals surface area contributed by atoms with Gasteiger partial charge in [-0.15, -0.1) is 0 Å². The molecule has 102 valence electrons. The quantitative estimate of drug-likeness (QED) is 0.610. The molecule has 0 unspecified atom stereocenters. The van der Waals surface area contributed by atoms with E-state index >= 15 is 0 Å². The Bertz CT molecular complexity index is 525. The maximum atomic E-state index is 14.0. The number of halogens is 1. The van der Waals surface area contributed by atoms with Crippen LogP contribution in [-0.2, 0) is 0 Å². The molecule has 0 saturated carbocycles. The zero-order valence-electron chi connectivity index (χ0n) is 10.7. The van der Waals surface area contributed by atoms with Gasteiger partial charge in [-0.05, 0) is 31.7 Å². The van der Waals surface area contributed by atoms with Gasteiger partial charge in [-0.3, -0.25) is 14.9 Å². The number of rotatable bonds is 2. The van der Waals surface area contributed by atoms with E-state index in [-0.39, 0.29) is 16.8 Å². The average molecular weight is 266 g/mol. The van der Waals surface area contributed by atoms with E-state index in [0.717, 1.165) is 31.4 Å².